The Labute approximate surface area is 60.8 Å². The third-order valence-electron chi connectivity index (χ3n) is 0.663. The molecular formula is C5H2BrClN. The molecule has 8 heavy (non-hydrogen) atoms. The standard InChI is InChI=1S/C5H2BrClN/c6-4-3-8-2-1-5(4)7/h2-3H. The largest absolute Gasteiger partial charge is 0.263 e. The molecule has 0 amide bonds. The third kappa shape index (κ3) is 1.20. The Morgan fingerprint density at radius 3 is 2.88 bits per heavy atom. The molecule has 1 aromatic heterocycles. The fourth-order valence-corrected chi connectivity index (χ4v) is 0.653. The summed E-state index contributed by atoms with van der Waals surface area (Å²) in [6.45, 7) is 0. The van der Waals surface area contributed by atoms with Crippen molar-refractivity contribution < 1.29 is 0 Å². The first-order valence-corrected chi connectivity index (χ1v) is 3.14. The molecule has 1 nitrogen and oxygen atoms in total. The van der Waals surface area contributed by atoms with E-state index in [-0.39, 0.29) is 0 Å². The fourth-order valence-electron chi connectivity index (χ4n) is 0.322. The van der Waals surface area contributed by atoms with Crippen LogP contribution < -0.4 is 0 Å². The maximum absolute atomic E-state index is 5.57. The van der Waals surface area contributed by atoms with Crippen molar-refractivity contribution in [1.82, 2.24) is 4.98 Å². The Morgan fingerprint density at radius 1 is 1.75 bits per heavy atom. The highest BCUT2D eigenvalue weighted by atomic mass is 79.9. The molecule has 41 valence electrons. The van der Waals surface area contributed by atoms with Gasteiger partial charge in [0.05, 0.1) is 9.50 Å². The van der Waals surface area contributed by atoms with Crippen LogP contribution in [0.3, 0.4) is 0 Å². The molecule has 0 saturated heterocycles. The second-order valence-corrected chi connectivity index (χ2v) is 2.45. The van der Waals surface area contributed by atoms with Crippen LogP contribution in [0.1, 0.15) is 0 Å². The zero-order valence-electron chi connectivity index (χ0n) is 3.86. The van der Waals surface area contributed by atoms with E-state index in [1.165, 1.54) is 6.20 Å². The molecule has 0 spiro atoms. The molecule has 0 aliphatic rings. The van der Waals surface area contributed by atoms with Crippen LogP contribution in [0.2, 0.25) is 5.02 Å². The van der Waals surface area contributed by atoms with Crippen molar-refractivity contribution in [2.24, 2.45) is 0 Å². The summed E-state index contributed by atoms with van der Waals surface area (Å²) in [6, 6.07) is 2.71. The fraction of sp³-hybridized carbons (Fsp3) is 0. The molecule has 3 heteroatoms. The molecule has 0 N–H and O–H groups in total. The van der Waals surface area contributed by atoms with E-state index in [9.17, 15) is 0 Å². The van der Waals surface area contributed by atoms with Crippen molar-refractivity contribution in [3.05, 3.63) is 28.0 Å². The normalized spacial score (nSPS) is 9.25. The van der Waals surface area contributed by atoms with Crippen LogP contribution in [0.4, 0.5) is 0 Å². The summed E-state index contributed by atoms with van der Waals surface area (Å²) in [5.41, 5.74) is 0. The van der Waals surface area contributed by atoms with E-state index in [0.717, 1.165) is 4.47 Å². The lowest BCUT2D eigenvalue weighted by Gasteiger charge is -1.87. The molecule has 1 radical (unpaired) electrons. The zero-order chi connectivity index (χ0) is 5.98. The van der Waals surface area contributed by atoms with Crippen molar-refractivity contribution in [2.45, 2.75) is 0 Å². The van der Waals surface area contributed by atoms with Gasteiger partial charge in [-0.25, -0.2) is 0 Å². The van der Waals surface area contributed by atoms with Gasteiger partial charge in [-0.15, -0.1) is 0 Å². The lowest BCUT2D eigenvalue weighted by atomic mass is 10.5. The van der Waals surface area contributed by atoms with Crippen LogP contribution in [0, 0.1) is 6.07 Å². The van der Waals surface area contributed by atoms with Gasteiger partial charge in [0.15, 0.2) is 0 Å². The van der Waals surface area contributed by atoms with E-state index >= 15 is 0 Å². The van der Waals surface area contributed by atoms with Crippen LogP contribution in [0.15, 0.2) is 16.9 Å². The van der Waals surface area contributed by atoms with E-state index in [1.54, 1.807) is 6.20 Å². The van der Waals surface area contributed by atoms with Crippen LogP contribution in [0.25, 0.3) is 0 Å². The first-order chi connectivity index (χ1) is 3.80. The molecule has 0 bridgehead atoms. The molecule has 0 aliphatic carbocycles. The van der Waals surface area contributed by atoms with Gasteiger partial charge in [0.1, 0.15) is 0 Å². The summed E-state index contributed by atoms with van der Waals surface area (Å²) in [4.78, 5) is 3.76. The number of halogens is 2. The number of rotatable bonds is 0. The van der Waals surface area contributed by atoms with Crippen LogP contribution in [0.5, 0.6) is 0 Å². The van der Waals surface area contributed by atoms with E-state index in [2.05, 4.69) is 27.0 Å². The van der Waals surface area contributed by atoms with Gasteiger partial charge in [-0.1, -0.05) is 11.6 Å². The van der Waals surface area contributed by atoms with Crippen molar-refractivity contribution in [3.63, 3.8) is 0 Å². The van der Waals surface area contributed by atoms with E-state index in [4.69, 9.17) is 11.6 Å². The first kappa shape index (κ1) is 6.05. The molecule has 0 aliphatic heterocycles. The number of aromatic nitrogens is 1. The maximum Gasteiger partial charge on any atom is 0.0658 e. The molecule has 0 saturated carbocycles. The molecule has 0 unspecified atom stereocenters. The molecular weight excluding hydrogens is 189 g/mol. The summed E-state index contributed by atoms with van der Waals surface area (Å²) in [5.74, 6) is 0. The molecule has 0 fully saturated rings. The topological polar surface area (TPSA) is 12.9 Å². The number of pyridine rings is 1. The van der Waals surface area contributed by atoms with Gasteiger partial charge in [0.25, 0.3) is 0 Å². The quantitative estimate of drug-likeness (QED) is 0.613. The second kappa shape index (κ2) is 2.46. The van der Waals surface area contributed by atoms with Crippen molar-refractivity contribution >= 4 is 27.5 Å². The maximum atomic E-state index is 5.57. The molecule has 1 aromatic rings. The molecule has 0 atom stereocenters. The van der Waals surface area contributed by atoms with E-state index in [1.807, 2.05) is 0 Å². The number of nitrogens with zero attached hydrogens (tertiary/aromatic N) is 1. The third-order valence-corrected chi connectivity index (χ3v) is 1.81. The Balaban J connectivity index is 3.13. The number of hydrogen-bond acceptors (Lipinski definition) is 1. The van der Waals surface area contributed by atoms with Crippen molar-refractivity contribution in [1.29, 1.82) is 0 Å². The van der Waals surface area contributed by atoms with E-state index in [0.29, 0.717) is 5.02 Å². The summed E-state index contributed by atoms with van der Waals surface area (Å²) in [6.07, 6.45) is 3.14. The SMILES string of the molecule is Clc1[c]cncc1Br. The van der Waals surface area contributed by atoms with E-state index < -0.39 is 0 Å². The lowest BCUT2D eigenvalue weighted by molar-refractivity contribution is 1.30. The Morgan fingerprint density at radius 2 is 2.50 bits per heavy atom. The molecule has 0 aromatic carbocycles. The second-order valence-electron chi connectivity index (χ2n) is 1.21. The smallest absolute Gasteiger partial charge is 0.0658 e. The van der Waals surface area contributed by atoms with Gasteiger partial charge in [-0.05, 0) is 15.9 Å². The van der Waals surface area contributed by atoms with Gasteiger partial charge < -0.3 is 0 Å². The Kier molecular flexibility index (Phi) is 1.86. The predicted molar refractivity (Wildman–Crippen MR) is 35.8 cm³/mol. The minimum absolute atomic E-state index is 0.569. The monoisotopic (exact) mass is 190 g/mol. The van der Waals surface area contributed by atoms with Crippen LogP contribution in [-0.4, -0.2) is 4.98 Å². The van der Waals surface area contributed by atoms with Gasteiger partial charge >= 0.3 is 0 Å². The van der Waals surface area contributed by atoms with Gasteiger partial charge in [0, 0.05) is 18.5 Å². The van der Waals surface area contributed by atoms with Crippen LogP contribution >= 0.6 is 27.5 Å². The summed E-state index contributed by atoms with van der Waals surface area (Å²) < 4.78 is 0.779. The van der Waals surface area contributed by atoms with Crippen molar-refractivity contribution in [2.75, 3.05) is 0 Å². The van der Waals surface area contributed by atoms with Crippen LogP contribution in [-0.2, 0) is 0 Å². The summed E-state index contributed by atoms with van der Waals surface area (Å²) >= 11 is 8.74. The Bertz CT molecular complexity index is 169. The number of hydrogen-bond donors (Lipinski definition) is 0. The average molecular weight is 191 g/mol. The Hall–Kier alpha value is -0.0800. The minimum atomic E-state index is 0.569. The summed E-state index contributed by atoms with van der Waals surface area (Å²) in [7, 11) is 0. The zero-order valence-corrected chi connectivity index (χ0v) is 6.20. The highest BCUT2D eigenvalue weighted by molar-refractivity contribution is 9.10. The minimum Gasteiger partial charge on any atom is -0.263 e. The van der Waals surface area contributed by atoms with Gasteiger partial charge in [-0.3, -0.25) is 4.98 Å². The van der Waals surface area contributed by atoms with Crippen molar-refractivity contribution in [3.8, 4) is 0 Å². The molecule has 1 rings (SSSR count). The first-order valence-electron chi connectivity index (χ1n) is 1.97. The molecule has 1 heterocycles. The van der Waals surface area contributed by atoms with Gasteiger partial charge in [-0.2, -0.15) is 0 Å². The van der Waals surface area contributed by atoms with Gasteiger partial charge in [0.2, 0.25) is 0 Å². The predicted octanol–water partition coefficient (Wildman–Crippen LogP) is 2.30. The summed E-state index contributed by atoms with van der Waals surface area (Å²) in [5, 5.41) is 0.569. The highest BCUT2D eigenvalue weighted by Gasteiger charge is 1.90. The average Bonchev–Trinajstić information content (AvgIpc) is 1.77. The highest BCUT2D eigenvalue weighted by Crippen LogP contribution is 2.18. The lowest BCUT2D eigenvalue weighted by Crippen LogP contribution is -1.70.